The summed E-state index contributed by atoms with van der Waals surface area (Å²) in [6.07, 6.45) is 0. The highest BCUT2D eigenvalue weighted by molar-refractivity contribution is 7.98. The first-order chi connectivity index (χ1) is 8.70. The number of thioether (sulfide) groups is 1. The Morgan fingerprint density at radius 2 is 1.83 bits per heavy atom. The van der Waals surface area contributed by atoms with Crippen molar-refractivity contribution in [1.82, 2.24) is 0 Å². The number of nitriles is 1. The van der Waals surface area contributed by atoms with Gasteiger partial charge in [-0.15, -0.1) is 11.8 Å². The first kappa shape index (κ1) is 12.6. The molecule has 18 heavy (non-hydrogen) atoms. The smallest absolute Gasteiger partial charge is 0.159 e. The molecule has 0 unspecified atom stereocenters. The zero-order chi connectivity index (χ0) is 13.0. The van der Waals surface area contributed by atoms with Gasteiger partial charge in [-0.05, 0) is 29.8 Å². The summed E-state index contributed by atoms with van der Waals surface area (Å²) in [5, 5.41) is 8.93. The van der Waals surface area contributed by atoms with Crippen molar-refractivity contribution in [1.29, 1.82) is 5.26 Å². The van der Waals surface area contributed by atoms with E-state index in [1.165, 1.54) is 17.8 Å². The van der Waals surface area contributed by atoms with Crippen LogP contribution in [0, 0.1) is 23.0 Å². The van der Waals surface area contributed by atoms with Crippen molar-refractivity contribution in [2.24, 2.45) is 0 Å². The molecule has 0 aliphatic heterocycles. The van der Waals surface area contributed by atoms with Gasteiger partial charge in [0.1, 0.15) is 0 Å². The van der Waals surface area contributed by atoms with Crippen LogP contribution < -0.4 is 0 Å². The third-order valence-corrected chi connectivity index (χ3v) is 3.47. The minimum atomic E-state index is -0.853. The van der Waals surface area contributed by atoms with Gasteiger partial charge in [0, 0.05) is 10.6 Å². The average molecular weight is 261 g/mol. The van der Waals surface area contributed by atoms with Gasteiger partial charge in [-0.1, -0.05) is 18.2 Å². The molecule has 2 rings (SSSR count). The number of nitrogens with zero attached hydrogens (tertiary/aromatic N) is 1. The lowest BCUT2D eigenvalue weighted by Crippen LogP contribution is -1.88. The normalized spacial score (nSPS) is 10.1. The molecular weight excluding hydrogens is 252 g/mol. The van der Waals surface area contributed by atoms with Crippen LogP contribution in [-0.2, 0) is 5.75 Å². The maximum absolute atomic E-state index is 13.0. The van der Waals surface area contributed by atoms with Gasteiger partial charge in [-0.25, -0.2) is 8.78 Å². The summed E-state index contributed by atoms with van der Waals surface area (Å²) < 4.78 is 25.8. The van der Waals surface area contributed by atoms with Crippen LogP contribution in [0.3, 0.4) is 0 Å². The third kappa shape index (κ3) is 2.88. The number of hydrogen-bond acceptors (Lipinski definition) is 2. The Morgan fingerprint density at radius 3 is 2.56 bits per heavy atom. The van der Waals surface area contributed by atoms with Gasteiger partial charge in [-0.2, -0.15) is 5.26 Å². The summed E-state index contributed by atoms with van der Waals surface area (Å²) in [5.41, 5.74) is 1.49. The topological polar surface area (TPSA) is 23.8 Å². The van der Waals surface area contributed by atoms with Crippen molar-refractivity contribution in [3.63, 3.8) is 0 Å². The van der Waals surface area contributed by atoms with Crippen molar-refractivity contribution >= 4 is 11.8 Å². The molecule has 0 saturated carbocycles. The SMILES string of the molecule is N#Cc1ccccc1CSc1ccc(F)c(F)c1. The minimum Gasteiger partial charge on any atom is -0.204 e. The molecule has 0 aliphatic carbocycles. The fraction of sp³-hybridized carbons (Fsp3) is 0.0714. The highest BCUT2D eigenvalue weighted by atomic mass is 32.2. The van der Waals surface area contributed by atoms with Gasteiger partial charge >= 0.3 is 0 Å². The molecule has 0 atom stereocenters. The number of halogens is 2. The molecule has 2 aromatic rings. The van der Waals surface area contributed by atoms with Crippen LogP contribution in [0.25, 0.3) is 0 Å². The zero-order valence-corrected chi connectivity index (χ0v) is 10.2. The quantitative estimate of drug-likeness (QED) is 0.776. The lowest BCUT2D eigenvalue weighted by Gasteiger charge is -2.04. The summed E-state index contributed by atoms with van der Waals surface area (Å²) >= 11 is 1.37. The van der Waals surface area contributed by atoms with Gasteiger partial charge in [0.2, 0.25) is 0 Å². The van der Waals surface area contributed by atoms with Crippen LogP contribution in [0.1, 0.15) is 11.1 Å². The molecule has 0 aliphatic rings. The second kappa shape index (κ2) is 5.65. The Labute approximate surface area is 108 Å². The first-order valence-electron chi connectivity index (χ1n) is 5.26. The van der Waals surface area contributed by atoms with Crippen molar-refractivity contribution < 1.29 is 8.78 Å². The Bertz CT molecular complexity index is 605. The van der Waals surface area contributed by atoms with Crippen molar-refractivity contribution in [2.75, 3.05) is 0 Å². The molecule has 0 spiro atoms. The predicted molar refractivity (Wildman–Crippen MR) is 67.1 cm³/mol. The molecule has 0 bridgehead atoms. The van der Waals surface area contributed by atoms with Crippen LogP contribution in [0.4, 0.5) is 8.78 Å². The van der Waals surface area contributed by atoms with E-state index >= 15 is 0 Å². The Morgan fingerprint density at radius 1 is 1.06 bits per heavy atom. The van der Waals surface area contributed by atoms with Gasteiger partial charge in [-0.3, -0.25) is 0 Å². The maximum atomic E-state index is 13.0. The first-order valence-corrected chi connectivity index (χ1v) is 6.25. The van der Waals surface area contributed by atoms with E-state index in [-0.39, 0.29) is 0 Å². The summed E-state index contributed by atoms with van der Waals surface area (Å²) in [7, 11) is 0. The van der Waals surface area contributed by atoms with Crippen LogP contribution in [0.5, 0.6) is 0 Å². The minimum absolute atomic E-state index is 0.550. The van der Waals surface area contributed by atoms with Crippen LogP contribution in [0.2, 0.25) is 0 Å². The van der Waals surface area contributed by atoms with Gasteiger partial charge in [0.25, 0.3) is 0 Å². The summed E-state index contributed by atoms with van der Waals surface area (Å²) in [6, 6.07) is 13.1. The summed E-state index contributed by atoms with van der Waals surface area (Å²) in [4.78, 5) is 0.640. The third-order valence-electron chi connectivity index (χ3n) is 2.42. The highest BCUT2D eigenvalue weighted by Crippen LogP contribution is 2.25. The van der Waals surface area contributed by atoms with E-state index in [9.17, 15) is 8.78 Å². The predicted octanol–water partition coefficient (Wildman–Crippen LogP) is 4.13. The molecule has 0 fully saturated rings. The van der Waals surface area contributed by atoms with Crippen molar-refractivity contribution in [3.8, 4) is 6.07 Å². The Balaban J connectivity index is 2.12. The molecule has 0 radical (unpaired) electrons. The van der Waals surface area contributed by atoms with E-state index in [2.05, 4.69) is 6.07 Å². The van der Waals surface area contributed by atoms with E-state index in [1.54, 1.807) is 12.1 Å². The largest absolute Gasteiger partial charge is 0.204 e. The standard InChI is InChI=1S/C14H9F2NS/c15-13-6-5-12(7-14(13)16)18-9-11-4-2-1-3-10(11)8-17/h1-7H,9H2. The lowest BCUT2D eigenvalue weighted by molar-refractivity contribution is 0.506. The molecule has 0 saturated heterocycles. The maximum Gasteiger partial charge on any atom is 0.159 e. The average Bonchev–Trinajstić information content (AvgIpc) is 2.40. The number of hydrogen-bond donors (Lipinski definition) is 0. The van der Waals surface area contributed by atoms with Gasteiger partial charge < -0.3 is 0 Å². The van der Waals surface area contributed by atoms with Crippen LogP contribution >= 0.6 is 11.8 Å². The lowest BCUT2D eigenvalue weighted by atomic mass is 10.1. The molecule has 0 aromatic heterocycles. The monoisotopic (exact) mass is 261 g/mol. The number of rotatable bonds is 3. The highest BCUT2D eigenvalue weighted by Gasteiger charge is 2.05. The van der Waals surface area contributed by atoms with Crippen molar-refractivity contribution in [2.45, 2.75) is 10.6 Å². The van der Waals surface area contributed by atoms with Crippen LogP contribution in [0.15, 0.2) is 47.4 Å². The molecule has 0 heterocycles. The van der Waals surface area contributed by atoms with E-state index in [4.69, 9.17) is 5.26 Å². The van der Waals surface area contributed by atoms with E-state index < -0.39 is 11.6 Å². The number of benzene rings is 2. The second-order valence-corrected chi connectivity index (χ2v) is 4.68. The molecule has 90 valence electrons. The molecule has 1 nitrogen and oxygen atoms in total. The van der Waals surface area contributed by atoms with Crippen LogP contribution in [-0.4, -0.2) is 0 Å². The Hall–Kier alpha value is -1.86. The molecule has 0 amide bonds. The van der Waals surface area contributed by atoms with Gasteiger partial charge in [0.05, 0.1) is 11.6 Å². The van der Waals surface area contributed by atoms with E-state index in [0.29, 0.717) is 16.2 Å². The van der Waals surface area contributed by atoms with Crippen molar-refractivity contribution in [3.05, 3.63) is 65.2 Å². The van der Waals surface area contributed by atoms with Gasteiger partial charge in [0.15, 0.2) is 11.6 Å². The second-order valence-electron chi connectivity index (χ2n) is 3.63. The molecule has 2 aromatic carbocycles. The van der Waals surface area contributed by atoms with E-state index in [1.807, 2.05) is 12.1 Å². The Kier molecular flexibility index (Phi) is 3.96. The zero-order valence-electron chi connectivity index (χ0n) is 9.36. The summed E-state index contributed by atoms with van der Waals surface area (Å²) in [5.74, 6) is -1.15. The fourth-order valence-corrected chi connectivity index (χ4v) is 2.41. The molecule has 4 heteroatoms. The molecular formula is C14H9F2NS. The van der Waals surface area contributed by atoms with E-state index in [0.717, 1.165) is 17.7 Å². The fourth-order valence-electron chi connectivity index (χ4n) is 1.48. The summed E-state index contributed by atoms with van der Waals surface area (Å²) in [6.45, 7) is 0. The molecule has 0 N–H and O–H groups in total.